The zero-order valence-electron chi connectivity index (χ0n) is 18.2. The van der Waals surface area contributed by atoms with Crippen LogP contribution in [-0.2, 0) is 4.79 Å². The number of carbonyl (C=O) groups is 1. The summed E-state index contributed by atoms with van der Waals surface area (Å²) in [4.78, 5) is 14.7. The quantitative estimate of drug-likeness (QED) is 0.693. The first-order valence-electron chi connectivity index (χ1n) is 10.8. The second-order valence-electron chi connectivity index (χ2n) is 8.56. The monoisotopic (exact) mass is 394 g/mol. The Hall–Kier alpha value is -2.49. The highest BCUT2D eigenvalue weighted by atomic mass is 16.5. The second kappa shape index (κ2) is 9.82. The van der Waals surface area contributed by atoms with Crippen LogP contribution in [-0.4, -0.2) is 25.6 Å². The Kier molecular flexibility index (Phi) is 7.18. The molecule has 1 N–H and O–H groups in total. The molecule has 1 atom stereocenters. The summed E-state index contributed by atoms with van der Waals surface area (Å²) in [5.41, 5.74) is 3.64. The molecule has 1 heterocycles. The number of benzene rings is 2. The number of amides is 1. The molecule has 0 spiro atoms. The number of hydrogen-bond donors (Lipinski definition) is 1. The first-order chi connectivity index (χ1) is 13.9. The summed E-state index contributed by atoms with van der Waals surface area (Å²) in [6.45, 7) is 10.9. The Bertz CT molecular complexity index is 775. The maximum Gasteiger partial charge on any atom is 0.258 e. The molecule has 0 radical (unpaired) electrons. The van der Waals surface area contributed by atoms with Gasteiger partial charge in [-0.2, -0.15) is 0 Å². The molecule has 2 aromatic rings. The van der Waals surface area contributed by atoms with Crippen LogP contribution in [0.1, 0.15) is 63.6 Å². The Balaban J connectivity index is 1.47. The van der Waals surface area contributed by atoms with E-state index in [0.717, 1.165) is 30.3 Å². The van der Waals surface area contributed by atoms with E-state index in [1.54, 1.807) is 0 Å². The van der Waals surface area contributed by atoms with E-state index < -0.39 is 0 Å². The molecule has 2 aromatic carbocycles. The minimum atomic E-state index is -0.112. The summed E-state index contributed by atoms with van der Waals surface area (Å²) >= 11 is 0. The van der Waals surface area contributed by atoms with Crippen molar-refractivity contribution in [2.45, 2.75) is 52.5 Å². The van der Waals surface area contributed by atoms with Crippen LogP contribution >= 0.6 is 0 Å². The Morgan fingerprint density at radius 2 is 1.59 bits per heavy atom. The molecule has 0 bridgehead atoms. The molecule has 0 aromatic heterocycles. The Labute approximate surface area is 175 Å². The van der Waals surface area contributed by atoms with Gasteiger partial charge in [0.25, 0.3) is 5.91 Å². The average molecular weight is 395 g/mol. The normalized spacial score (nSPS) is 16.0. The van der Waals surface area contributed by atoms with E-state index in [1.807, 2.05) is 31.2 Å². The van der Waals surface area contributed by atoms with Crippen molar-refractivity contribution in [1.82, 2.24) is 5.32 Å². The third-order valence-corrected chi connectivity index (χ3v) is 5.84. The molecule has 4 heteroatoms. The fourth-order valence-corrected chi connectivity index (χ4v) is 3.70. The van der Waals surface area contributed by atoms with E-state index in [4.69, 9.17) is 4.74 Å². The predicted molar refractivity (Wildman–Crippen MR) is 120 cm³/mol. The van der Waals surface area contributed by atoms with Gasteiger partial charge in [-0.3, -0.25) is 4.79 Å². The zero-order valence-corrected chi connectivity index (χ0v) is 18.2. The van der Waals surface area contributed by atoms with Gasteiger partial charge < -0.3 is 15.0 Å². The molecule has 1 saturated heterocycles. The maximum absolute atomic E-state index is 12.3. The topological polar surface area (TPSA) is 41.6 Å². The van der Waals surface area contributed by atoms with Gasteiger partial charge in [-0.05, 0) is 67.0 Å². The number of anilines is 1. The van der Waals surface area contributed by atoms with Crippen molar-refractivity contribution in [3.63, 3.8) is 0 Å². The highest BCUT2D eigenvalue weighted by Gasteiger charge is 2.16. The van der Waals surface area contributed by atoms with Gasteiger partial charge in [0.2, 0.25) is 0 Å². The van der Waals surface area contributed by atoms with E-state index in [-0.39, 0.29) is 18.6 Å². The van der Waals surface area contributed by atoms with Crippen LogP contribution in [0, 0.1) is 5.92 Å². The number of ether oxygens (including phenoxy) is 1. The molecule has 29 heavy (non-hydrogen) atoms. The van der Waals surface area contributed by atoms with Gasteiger partial charge >= 0.3 is 0 Å². The van der Waals surface area contributed by atoms with Gasteiger partial charge in [-0.25, -0.2) is 0 Å². The SMILES string of the molecule is CC1CCN(c2ccc([C@H](C)NC(=O)COc3ccc(C(C)C)cc3)cc2)CC1. The molecule has 4 nitrogen and oxygen atoms in total. The molecular formula is C25H34N2O2. The van der Waals surface area contributed by atoms with Crippen molar-refractivity contribution in [1.29, 1.82) is 0 Å². The molecule has 1 aliphatic rings. The first-order valence-corrected chi connectivity index (χ1v) is 10.8. The van der Waals surface area contributed by atoms with Crippen molar-refractivity contribution in [3.05, 3.63) is 59.7 Å². The third kappa shape index (κ3) is 5.99. The van der Waals surface area contributed by atoms with Gasteiger partial charge in [0.05, 0.1) is 6.04 Å². The first kappa shape index (κ1) is 21.2. The van der Waals surface area contributed by atoms with E-state index >= 15 is 0 Å². The summed E-state index contributed by atoms with van der Waals surface area (Å²) in [5, 5.41) is 3.02. The number of piperidine rings is 1. The smallest absolute Gasteiger partial charge is 0.258 e. The van der Waals surface area contributed by atoms with Crippen LogP contribution < -0.4 is 15.0 Å². The zero-order chi connectivity index (χ0) is 20.8. The molecule has 0 aliphatic carbocycles. The van der Waals surface area contributed by atoms with Crippen molar-refractivity contribution in [2.75, 3.05) is 24.6 Å². The largest absolute Gasteiger partial charge is 0.484 e. The van der Waals surface area contributed by atoms with Crippen molar-refractivity contribution in [3.8, 4) is 5.75 Å². The fourth-order valence-electron chi connectivity index (χ4n) is 3.70. The van der Waals surface area contributed by atoms with Gasteiger partial charge in [0.15, 0.2) is 6.61 Å². The maximum atomic E-state index is 12.3. The molecule has 1 fully saturated rings. The molecule has 0 unspecified atom stereocenters. The number of carbonyl (C=O) groups excluding carboxylic acids is 1. The number of nitrogens with zero attached hydrogens (tertiary/aromatic N) is 1. The third-order valence-electron chi connectivity index (χ3n) is 5.84. The van der Waals surface area contributed by atoms with Crippen LogP contribution in [0.5, 0.6) is 5.75 Å². The highest BCUT2D eigenvalue weighted by molar-refractivity contribution is 5.78. The number of nitrogens with one attached hydrogen (secondary N) is 1. The fraction of sp³-hybridized carbons (Fsp3) is 0.480. The van der Waals surface area contributed by atoms with Crippen molar-refractivity contribution >= 4 is 11.6 Å². The lowest BCUT2D eigenvalue weighted by atomic mass is 9.98. The van der Waals surface area contributed by atoms with Crippen LogP contribution in [0.15, 0.2) is 48.5 Å². The molecule has 1 aliphatic heterocycles. The predicted octanol–water partition coefficient (Wildman–Crippen LogP) is 5.30. The number of rotatable bonds is 7. The van der Waals surface area contributed by atoms with E-state index in [9.17, 15) is 4.79 Å². The minimum Gasteiger partial charge on any atom is -0.484 e. The average Bonchev–Trinajstić information content (AvgIpc) is 2.73. The molecule has 0 saturated carbocycles. The molecular weight excluding hydrogens is 360 g/mol. The standard InChI is InChI=1S/C25H34N2O2/c1-18(2)21-7-11-24(12-8-21)29-17-25(28)26-20(4)22-5-9-23(10-6-22)27-15-13-19(3)14-16-27/h5-12,18-20H,13-17H2,1-4H3,(H,26,28)/t20-/m0/s1. The van der Waals surface area contributed by atoms with E-state index in [2.05, 4.69) is 55.3 Å². The van der Waals surface area contributed by atoms with Crippen LogP contribution in [0.2, 0.25) is 0 Å². The lowest BCUT2D eigenvalue weighted by Crippen LogP contribution is -2.33. The molecule has 3 rings (SSSR count). The molecule has 156 valence electrons. The Morgan fingerprint density at radius 1 is 1.00 bits per heavy atom. The number of hydrogen-bond acceptors (Lipinski definition) is 3. The van der Waals surface area contributed by atoms with Crippen LogP contribution in [0.3, 0.4) is 0 Å². The summed E-state index contributed by atoms with van der Waals surface area (Å²) < 4.78 is 5.63. The van der Waals surface area contributed by atoms with Gasteiger partial charge in [0.1, 0.15) is 5.75 Å². The summed E-state index contributed by atoms with van der Waals surface area (Å²) in [7, 11) is 0. The van der Waals surface area contributed by atoms with E-state index in [0.29, 0.717) is 5.92 Å². The second-order valence-corrected chi connectivity index (χ2v) is 8.56. The van der Waals surface area contributed by atoms with E-state index in [1.165, 1.54) is 24.1 Å². The summed E-state index contributed by atoms with van der Waals surface area (Å²) in [6.07, 6.45) is 2.52. The lowest BCUT2D eigenvalue weighted by molar-refractivity contribution is -0.123. The molecule has 1 amide bonds. The van der Waals surface area contributed by atoms with Crippen LogP contribution in [0.25, 0.3) is 0 Å². The summed E-state index contributed by atoms with van der Waals surface area (Å²) in [6, 6.07) is 16.5. The van der Waals surface area contributed by atoms with Gasteiger partial charge in [-0.15, -0.1) is 0 Å². The van der Waals surface area contributed by atoms with Crippen molar-refractivity contribution < 1.29 is 9.53 Å². The van der Waals surface area contributed by atoms with Gasteiger partial charge in [0, 0.05) is 18.8 Å². The lowest BCUT2D eigenvalue weighted by Gasteiger charge is -2.32. The highest BCUT2D eigenvalue weighted by Crippen LogP contribution is 2.24. The minimum absolute atomic E-state index is 0.0232. The van der Waals surface area contributed by atoms with Crippen LogP contribution in [0.4, 0.5) is 5.69 Å². The van der Waals surface area contributed by atoms with Crippen molar-refractivity contribution in [2.24, 2.45) is 5.92 Å². The van der Waals surface area contributed by atoms with Gasteiger partial charge in [-0.1, -0.05) is 45.0 Å². The summed E-state index contributed by atoms with van der Waals surface area (Å²) in [5.74, 6) is 1.92. The Morgan fingerprint density at radius 3 is 2.17 bits per heavy atom.